The first-order valence-corrected chi connectivity index (χ1v) is 7.52. The summed E-state index contributed by atoms with van der Waals surface area (Å²) in [6, 6.07) is 3.07. The van der Waals surface area contributed by atoms with Gasteiger partial charge in [0.05, 0.1) is 12.0 Å². The lowest BCUT2D eigenvalue weighted by atomic mass is 10.2. The molecule has 0 aromatic heterocycles. The fourth-order valence-corrected chi connectivity index (χ4v) is 3.46. The van der Waals surface area contributed by atoms with Crippen LogP contribution in [0.15, 0.2) is 21.5 Å². The maximum Gasteiger partial charge on any atom is 0.321 e. The average Bonchev–Trinajstić information content (AvgIpc) is 2.33. The Bertz CT molecular complexity index is 601. The monoisotopic (exact) mass is 350 g/mol. The van der Waals surface area contributed by atoms with E-state index >= 15 is 0 Å². The first kappa shape index (κ1) is 15.9. The Morgan fingerprint density at radius 3 is 2.58 bits per heavy atom. The number of hydrogen-bond donors (Lipinski definition) is 1. The fraction of sp³-hybridized carbons (Fsp3) is 0.364. The third kappa shape index (κ3) is 3.46. The number of carbonyl (C=O) groups excluding carboxylic acids is 1. The standard InChI is InChI=1S/C11H15BrN2O4S/c1-7-9(13)4-8(12)5-10(7)19(16,17)14(2)6-11(15)18-3/h4-5H,6,13H2,1-3H3. The molecule has 0 heterocycles. The second-order valence-electron chi connectivity index (χ2n) is 3.96. The molecule has 0 saturated carbocycles. The first-order chi connectivity index (χ1) is 8.70. The molecule has 0 amide bonds. The number of anilines is 1. The Labute approximate surface area is 120 Å². The molecule has 0 unspecified atom stereocenters. The maximum absolute atomic E-state index is 12.4. The van der Waals surface area contributed by atoms with Crippen LogP contribution in [-0.2, 0) is 19.6 Å². The van der Waals surface area contributed by atoms with Crippen molar-refractivity contribution in [2.75, 3.05) is 26.4 Å². The molecular formula is C11H15BrN2O4S. The summed E-state index contributed by atoms with van der Waals surface area (Å²) in [5.74, 6) is -0.633. The molecule has 0 fully saturated rings. The van der Waals surface area contributed by atoms with Gasteiger partial charge in [0.25, 0.3) is 0 Å². The molecular weight excluding hydrogens is 336 g/mol. The number of nitrogens with zero attached hydrogens (tertiary/aromatic N) is 1. The summed E-state index contributed by atoms with van der Waals surface area (Å²) in [7, 11) is -1.29. The van der Waals surface area contributed by atoms with E-state index in [2.05, 4.69) is 20.7 Å². The van der Waals surface area contributed by atoms with E-state index in [4.69, 9.17) is 5.73 Å². The number of esters is 1. The molecule has 19 heavy (non-hydrogen) atoms. The van der Waals surface area contributed by atoms with Gasteiger partial charge in [-0.15, -0.1) is 0 Å². The molecule has 0 bridgehead atoms. The molecule has 8 heteroatoms. The zero-order chi connectivity index (χ0) is 14.8. The van der Waals surface area contributed by atoms with E-state index in [1.807, 2.05) is 0 Å². The zero-order valence-corrected chi connectivity index (χ0v) is 13.2. The van der Waals surface area contributed by atoms with Crippen molar-refractivity contribution in [3.05, 3.63) is 22.2 Å². The summed E-state index contributed by atoms with van der Waals surface area (Å²) in [6.45, 7) is 1.26. The second kappa shape index (κ2) is 5.89. The van der Waals surface area contributed by atoms with Gasteiger partial charge in [-0.3, -0.25) is 4.79 Å². The average molecular weight is 351 g/mol. The summed E-state index contributed by atoms with van der Waals surface area (Å²) in [4.78, 5) is 11.2. The van der Waals surface area contributed by atoms with Gasteiger partial charge in [0.2, 0.25) is 10.0 Å². The van der Waals surface area contributed by atoms with Crippen LogP contribution in [0, 0.1) is 6.92 Å². The highest BCUT2D eigenvalue weighted by Crippen LogP contribution is 2.28. The minimum absolute atomic E-state index is 0.0609. The van der Waals surface area contributed by atoms with Crippen LogP contribution in [0.1, 0.15) is 5.56 Å². The number of benzene rings is 1. The minimum Gasteiger partial charge on any atom is -0.468 e. The van der Waals surface area contributed by atoms with Crippen LogP contribution in [0.4, 0.5) is 5.69 Å². The molecule has 1 aromatic carbocycles. The summed E-state index contributed by atoms with van der Waals surface area (Å²) in [6.07, 6.45) is 0. The van der Waals surface area contributed by atoms with Crippen molar-refractivity contribution in [3.8, 4) is 0 Å². The number of halogens is 1. The number of carbonyl (C=O) groups is 1. The van der Waals surface area contributed by atoms with E-state index in [1.54, 1.807) is 13.0 Å². The SMILES string of the molecule is COC(=O)CN(C)S(=O)(=O)c1cc(Br)cc(N)c1C. The van der Waals surface area contributed by atoms with Gasteiger partial charge in [-0.2, -0.15) is 4.31 Å². The van der Waals surface area contributed by atoms with Crippen molar-refractivity contribution < 1.29 is 17.9 Å². The van der Waals surface area contributed by atoms with Crippen molar-refractivity contribution in [3.63, 3.8) is 0 Å². The van der Waals surface area contributed by atoms with Crippen molar-refractivity contribution in [2.24, 2.45) is 0 Å². The maximum atomic E-state index is 12.4. The predicted octanol–water partition coefficient (Wildman–Crippen LogP) is 1.13. The minimum atomic E-state index is -3.80. The highest BCUT2D eigenvalue weighted by atomic mass is 79.9. The lowest BCUT2D eigenvalue weighted by Crippen LogP contribution is -2.33. The third-order valence-electron chi connectivity index (χ3n) is 2.63. The van der Waals surface area contributed by atoms with Crippen LogP contribution < -0.4 is 5.73 Å². The zero-order valence-electron chi connectivity index (χ0n) is 10.8. The molecule has 0 aliphatic rings. The van der Waals surface area contributed by atoms with E-state index in [0.29, 0.717) is 15.7 Å². The van der Waals surface area contributed by atoms with Gasteiger partial charge < -0.3 is 10.5 Å². The number of ether oxygens (including phenoxy) is 1. The van der Waals surface area contributed by atoms with E-state index in [9.17, 15) is 13.2 Å². The van der Waals surface area contributed by atoms with Crippen LogP contribution in [0.25, 0.3) is 0 Å². The molecule has 6 nitrogen and oxygen atoms in total. The number of methoxy groups -OCH3 is 1. The molecule has 1 aromatic rings. The number of rotatable bonds is 4. The molecule has 106 valence electrons. The molecule has 0 radical (unpaired) electrons. The highest BCUT2D eigenvalue weighted by molar-refractivity contribution is 9.10. The molecule has 0 aliphatic heterocycles. The third-order valence-corrected chi connectivity index (χ3v) is 5.02. The second-order valence-corrected chi connectivity index (χ2v) is 6.88. The number of likely N-dealkylation sites (N-methyl/N-ethyl adjacent to an activating group) is 1. The Morgan fingerprint density at radius 2 is 2.05 bits per heavy atom. The highest BCUT2D eigenvalue weighted by Gasteiger charge is 2.26. The van der Waals surface area contributed by atoms with Crippen LogP contribution >= 0.6 is 15.9 Å². The van der Waals surface area contributed by atoms with Gasteiger partial charge in [-0.05, 0) is 24.6 Å². The van der Waals surface area contributed by atoms with Crippen molar-refractivity contribution in [1.29, 1.82) is 0 Å². The van der Waals surface area contributed by atoms with Crippen molar-refractivity contribution >= 4 is 37.6 Å². The summed E-state index contributed by atoms with van der Waals surface area (Å²) < 4.78 is 30.6. The normalized spacial score (nSPS) is 11.6. The largest absolute Gasteiger partial charge is 0.468 e. The summed E-state index contributed by atoms with van der Waals surface area (Å²) in [5.41, 5.74) is 6.55. The Hall–Kier alpha value is -1.12. The molecule has 0 atom stereocenters. The summed E-state index contributed by atoms with van der Waals surface area (Å²) >= 11 is 3.20. The van der Waals surface area contributed by atoms with Gasteiger partial charge in [-0.25, -0.2) is 8.42 Å². The van der Waals surface area contributed by atoms with E-state index in [1.165, 1.54) is 20.2 Å². The topological polar surface area (TPSA) is 89.7 Å². The number of sulfonamides is 1. The predicted molar refractivity (Wildman–Crippen MR) is 75.1 cm³/mol. The first-order valence-electron chi connectivity index (χ1n) is 5.29. The van der Waals surface area contributed by atoms with Gasteiger partial charge in [0.1, 0.15) is 6.54 Å². The Morgan fingerprint density at radius 1 is 1.47 bits per heavy atom. The van der Waals surface area contributed by atoms with Crippen LogP contribution in [0.5, 0.6) is 0 Å². The van der Waals surface area contributed by atoms with Gasteiger partial charge >= 0.3 is 5.97 Å². The lowest BCUT2D eigenvalue weighted by Gasteiger charge is -2.18. The van der Waals surface area contributed by atoms with E-state index in [0.717, 1.165) is 4.31 Å². The smallest absolute Gasteiger partial charge is 0.321 e. The number of nitrogens with two attached hydrogens (primary N) is 1. The number of nitrogen functional groups attached to an aromatic ring is 1. The van der Waals surface area contributed by atoms with Gasteiger partial charge in [0, 0.05) is 17.2 Å². The van der Waals surface area contributed by atoms with E-state index < -0.39 is 16.0 Å². The molecule has 0 aliphatic carbocycles. The Balaban J connectivity index is 3.24. The molecule has 1 rings (SSSR count). The van der Waals surface area contributed by atoms with Crippen LogP contribution in [0.2, 0.25) is 0 Å². The van der Waals surface area contributed by atoms with Gasteiger partial charge in [-0.1, -0.05) is 15.9 Å². The van der Waals surface area contributed by atoms with Crippen LogP contribution in [0.3, 0.4) is 0 Å². The van der Waals surface area contributed by atoms with Crippen molar-refractivity contribution in [2.45, 2.75) is 11.8 Å². The number of hydrogen-bond acceptors (Lipinski definition) is 5. The molecule has 0 saturated heterocycles. The Kier molecular flexibility index (Phi) is 4.94. The van der Waals surface area contributed by atoms with E-state index in [-0.39, 0.29) is 11.4 Å². The van der Waals surface area contributed by atoms with Gasteiger partial charge in [0.15, 0.2) is 0 Å². The molecule has 2 N–H and O–H groups in total. The quantitative estimate of drug-likeness (QED) is 0.649. The fourth-order valence-electron chi connectivity index (χ4n) is 1.44. The summed E-state index contributed by atoms with van der Waals surface area (Å²) in [5, 5.41) is 0. The molecule has 0 spiro atoms. The van der Waals surface area contributed by atoms with Crippen molar-refractivity contribution in [1.82, 2.24) is 4.31 Å². The lowest BCUT2D eigenvalue weighted by molar-refractivity contribution is -0.140. The van der Waals surface area contributed by atoms with Crippen LogP contribution in [-0.4, -0.2) is 39.4 Å².